The smallest absolute Gasteiger partial charge is 0.303 e. The summed E-state index contributed by atoms with van der Waals surface area (Å²) in [4.78, 5) is 34.6. The molecule has 0 unspecified atom stereocenters. The lowest BCUT2D eigenvalue weighted by molar-refractivity contribution is -0.138. The number of rotatable bonds is 3. The van der Waals surface area contributed by atoms with Gasteiger partial charge in [0.2, 0.25) is 11.3 Å². The van der Waals surface area contributed by atoms with E-state index in [4.69, 9.17) is 4.74 Å². The lowest BCUT2D eigenvalue weighted by Gasteiger charge is -2.08. The molecule has 2 rings (SSSR count). The van der Waals surface area contributed by atoms with Crippen LogP contribution in [0.15, 0.2) is 34.1 Å². The van der Waals surface area contributed by atoms with E-state index in [2.05, 4.69) is 5.10 Å². The molecule has 2 aromatic rings. The monoisotopic (exact) mass is 292 g/mol. The highest BCUT2D eigenvalue weighted by atomic mass is 32.2. The van der Waals surface area contributed by atoms with Crippen LogP contribution in [0.5, 0.6) is 0 Å². The molecule has 104 valence electrons. The predicted molar refractivity (Wildman–Crippen MR) is 74.8 cm³/mol. The quantitative estimate of drug-likeness (QED) is 0.486. The molecule has 1 aromatic heterocycles. The van der Waals surface area contributed by atoms with E-state index in [1.807, 2.05) is 0 Å². The van der Waals surface area contributed by atoms with Gasteiger partial charge in [0, 0.05) is 13.8 Å². The third kappa shape index (κ3) is 2.88. The number of fused-ring (bicyclic) bond motifs is 1. The molecule has 0 amide bonds. The molecule has 0 aliphatic carbocycles. The van der Waals surface area contributed by atoms with Crippen LogP contribution in [0.25, 0.3) is 10.9 Å². The Morgan fingerprint density at radius 1 is 1.30 bits per heavy atom. The van der Waals surface area contributed by atoms with Gasteiger partial charge in [-0.15, -0.1) is 0 Å². The molecule has 20 heavy (non-hydrogen) atoms. The summed E-state index contributed by atoms with van der Waals surface area (Å²) in [5, 5.41) is 4.55. The molecule has 0 spiro atoms. The number of benzene rings is 1. The Hall–Kier alpha value is -2.15. The van der Waals surface area contributed by atoms with Crippen molar-refractivity contribution in [2.45, 2.75) is 18.9 Å². The Kier molecular flexibility index (Phi) is 4.19. The van der Waals surface area contributed by atoms with Crippen LogP contribution in [-0.2, 0) is 9.53 Å². The van der Waals surface area contributed by atoms with Crippen LogP contribution >= 0.6 is 11.8 Å². The maximum atomic E-state index is 12.2. The molecule has 0 N–H and O–H groups in total. The van der Waals surface area contributed by atoms with E-state index in [0.717, 1.165) is 11.8 Å². The van der Waals surface area contributed by atoms with E-state index in [9.17, 15) is 14.4 Å². The van der Waals surface area contributed by atoms with Crippen molar-refractivity contribution in [3.63, 3.8) is 0 Å². The molecule has 1 aromatic carbocycles. The van der Waals surface area contributed by atoms with Crippen LogP contribution in [0.1, 0.15) is 18.6 Å². The van der Waals surface area contributed by atoms with Gasteiger partial charge in [0.05, 0.1) is 10.9 Å². The Labute approximate surface area is 118 Å². The van der Waals surface area contributed by atoms with Crippen molar-refractivity contribution in [3.05, 3.63) is 34.5 Å². The van der Waals surface area contributed by atoms with Gasteiger partial charge in [-0.05, 0) is 12.1 Å². The van der Waals surface area contributed by atoms with Crippen LogP contribution < -0.4 is 5.43 Å². The average Bonchev–Trinajstić information content (AvgIpc) is 2.41. The van der Waals surface area contributed by atoms with Crippen molar-refractivity contribution in [3.8, 4) is 0 Å². The molecule has 7 heteroatoms. The van der Waals surface area contributed by atoms with E-state index in [1.54, 1.807) is 24.3 Å². The highest BCUT2D eigenvalue weighted by molar-refractivity contribution is 7.99. The van der Waals surface area contributed by atoms with Crippen molar-refractivity contribution < 1.29 is 14.3 Å². The van der Waals surface area contributed by atoms with Crippen LogP contribution in [0.4, 0.5) is 0 Å². The van der Waals surface area contributed by atoms with E-state index < -0.39 is 5.97 Å². The molecule has 0 aliphatic heterocycles. The summed E-state index contributed by atoms with van der Waals surface area (Å²) in [7, 11) is 0. The number of nitrogens with zero attached hydrogens (tertiary/aromatic N) is 2. The van der Waals surface area contributed by atoms with Crippen LogP contribution in [0.2, 0.25) is 0 Å². The van der Waals surface area contributed by atoms with Gasteiger partial charge in [-0.3, -0.25) is 14.4 Å². The van der Waals surface area contributed by atoms with Crippen molar-refractivity contribution in [1.29, 1.82) is 0 Å². The van der Waals surface area contributed by atoms with Gasteiger partial charge >= 0.3 is 5.97 Å². The number of carbonyl (C=O) groups excluding carboxylic acids is 2. The van der Waals surface area contributed by atoms with E-state index >= 15 is 0 Å². The molecule has 0 radical (unpaired) electrons. The van der Waals surface area contributed by atoms with Crippen molar-refractivity contribution in [2.75, 3.05) is 5.94 Å². The van der Waals surface area contributed by atoms with E-state index in [0.29, 0.717) is 10.9 Å². The van der Waals surface area contributed by atoms with E-state index in [-0.39, 0.29) is 22.3 Å². The Balaban J connectivity index is 2.50. The summed E-state index contributed by atoms with van der Waals surface area (Å²) in [5.41, 5.74) is 0.178. The minimum atomic E-state index is -0.440. The first kappa shape index (κ1) is 14.3. The number of carbonyl (C=O) groups is 2. The average molecular weight is 292 g/mol. The minimum Gasteiger partial charge on any atom is -0.454 e. The first-order valence-electron chi connectivity index (χ1n) is 5.80. The summed E-state index contributed by atoms with van der Waals surface area (Å²) < 4.78 is 5.94. The molecular weight excluding hydrogens is 280 g/mol. The largest absolute Gasteiger partial charge is 0.454 e. The molecule has 0 fully saturated rings. The number of aromatic nitrogens is 2. The fourth-order valence-corrected chi connectivity index (χ4v) is 2.38. The zero-order chi connectivity index (χ0) is 14.7. The number of esters is 1. The summed E-state index contributed by atoms with van der Waals surface area (Å²) in [6.07, 6.45) is 0. The minimum absolute atomic E-state index is 0.0200. The van der Waals surface area contributed by atoms with Crippen molar-refractivity contribution in [2.24, 2.45) is 0 Å². The summed E-state index contributed by atoms with van der Waals surface area (Å²) in [5.74, 6) is -0.755. The molecule has 0 saturated carbocycles. The molecule has 0 saturated heterocycles. The van der Waals surface area contributed by atoms with Crippen LogP contribution in [-0.4, -0.2) is 27.6 Å². The summed E-state index contributed by atoms with van der Waals surface area (Å²) in [6.45, 7) is 2.65. The van der Waals surface area contributed by atoms with Gasteiger partial charge in [-0.1, -0.05) is 23.9 Å². The number of thioether (sulfide) groups is 1. The van der Waals surface area contributed by atoms with Crippen molar-refractivity contribution >= 4 is 34.5 Å². The van der Waals surface area contributed by atoms with E-state index in [1.165, 1.54) is 18.5 Å². The SMILES string of the molecule is CC(=O)OCSc1nn(C(C)=O)c2ccccc2c1=O. The standard InChI is InChI=1S/C13H12N2O4S/c1-8(16)15-11-6-4-3-5-10(11)12(18)13(14-15)20-7-19-9(2)17/h3-6H,7H2,1-2H3. The number of ether oxygens (including phenoxy) is 1. The lowest BCUT2D eigenvalue weighted by Crippen LogP contribution is -2.20. The fourth-order valence-electron chi connectivity index (χ4n) is 1.66. The molecule has 0 bridgehead atoms. The van der Waals surface area contributed by atoms with Crippen LogP contribution in [0, 0.1) is 0 Å². The van der Waals surface area contributed by atoms with Gasteiger partial charge in [0.15, 0.2) is 5.03 Å². The highest BCUT2D eigenvalue weighted by Gasteiger charge is 2.13. The molecule has 1 heterocycles. The van der Waals surface area contributed by atoms with Crippen molar-refractivity contribution in [1.82, 2.24) is 9.78 Å². The second-order valence-corrected chi connectivity index (χ2v) is 4.89. The Bertz CT molecular complexity index is 739. The molecule has 0 aliphatic rings. The summed E-state index contributed by atoms with van der Waals surface area (Å²) in [6, 6.07) is 6.74. The molecule has 0 atom stereocenters. The maximum absolute atomic E-state index is 12.2. The Morgan fingerprint density at radius 3 is 2.65 bits per heavy atom. The number of hydrogen-bond acceptors (Lipinski definition) is 6. The Morgan fingerprint density at radius 2 is 2.00 bits per heavy atom. The van der Waals surface area contributed by atoms with Gasteiger partial charge in [0.1, 0.15) is 5.94 Å². The lowest BCUT2D eigenvalue weighted by atomic mass is 10.2. The number of hydrogen-bond donors (Lipinski definition) is 0. The first-order valence-corrected chi connectivity index (χ1v) is 6.78. The van der Waals surface area contributed by atoms with Gasteiger partial charge in [0.25, 0.3) is 0 Å². The van der Waals surface area contributed by atoms with Crippen LogP contribution in [0.3, 0.4) is 0 Å². The third-order valence-electron chi connectivity index (χ3n) is 2.52. The first-order chi connectivity index (χ1) is 9.50. The second kappa shape index (κ2) is 5.87. The zero-order valence-electron chi connectivity index (χ0n) is 11.0. The van der Waals surface area contributed by atoms with Gasteiger partial charge in [-0.25, -0.2) is 0 Å². The zero-order valence-corrected chi connectivity index (χ0v) is 11.8. The predicted octanol–water partition coefficient (Wildman–Crippen LogP) is 1.67. The fraction of sp³-hybridized carbons (Fsp3) is 0.231. The topological polar surface area (TPSA) is 78.3 Å². The maximum Gasteiger partial charge on any atom is 0.303 e. The molecule has 6 nitrogen and oxygen atoms in total. The normalized spacial score (nSPS) is 10.5. The number of para-hydroxylation sites is 1. The highest BCUT2D eigenvalue weighted by Crippen LogP contribution is 2.16. The van der Waals surface area contributed by atoms with Gasteiger partial charge in [-0.2, -0.15) is 9.78 Å². The summed E-state index contributed by atoms with van der Waals surface area (Å²) >= 11 is 0.982. The third-order valence-corrected chi connectivity index (χ3v) is 3.29. The second-order valence-electron chi connectivity index (χ2n) is 3.98. The molecular formula is C13H12N2O4S. The van der Waals surface area contributed by atoms with Gasteiger partial charge < -0.3 is 4.74 Å².